The molecule has 0 atom stereocenters. The highest BCUT2D eigenvalue weighted by molar-refractivity contribution is 5.82. The van der Waals surface area contributed by atoms with Crippen LogP contribution in [0, 0.1) is 18.3 Å². The first kappa shape index (κ1) is 8.28. The van der Waals surface area contributed by atoms with Gasteiger partial charge in [0.15, 0.2) is 0 Å². The van der Waals surface area contributed by atoms with Gasteiger partial charge in [0, 0.05) is 0 Å². The number of hydrazone groups is 1. The maximum atomic E-state index is 8.69. The van der Waals surface area contributed by atoms with E-state index < -0.39 is 0 Å². The summed E-state index contributed by atoms with van der Waals surface area (Å²) in [7, 11) is 0. The van der Waals surface area contributed by atoms with E-state index in [4.69, 9.17) is 11.1 Å². The summed E-state index contributed by atoms with van der Waals surface area (Å²) in [6, 6.07) is 7.53. The van der Waals surface area contributed by atoms with Crippen molar-refractivity contribution in [3.8, 4) is 6.07 Å². The number of hydrogen-bond acceptors (Lipinski definition) is 3. The van der Waals surface area contributed by atoms with Crippen molar-refractivity contribution in [2.45, 2.75) is 6.92 Å². The van der Waals surface area contributed by atoms with Crippen molar-refractivity contribution < 1.29 is 0 Å². The molecule has 0 spiro atoms. The average molecular weight is 159 g/mol. The lowest BCUT2D eigenvalue weighted by Crippen LogP contribution is -1.92. The smallest absolute Gasteiger partial charge is 0.0994 e. The lowest BCUT2D eigenvalue weighted by Gasteiger charge is -1.99. The summed E-state index contributed by atoms with van der Waals surface area (Å²) in [6.45, 7) is 1.87. The normalized spacial score (nSPS) is 10.0. The first-order valence-electron chi connectivity index (χ1n) is 3.52. The SMILES string of the molecule is Cc1c(C#N)cccc1C=NN. The van der Waals surface area contributed by atoms with Gasteiger partial charge >= 0.3 is 0 Å². The van der Waals surface area contributed by atoms with Gasteiger partial charge < -0.3 is 5.84 Å². The third kappa shape index (κ3) is 1.43. The molecule has 2 N–H and O–H groups in total. The summed E-state index contributed by atoms with van der Waals surface area (Å²) in [6.07, 6.45) is 1.54. The second-order valence-electron chi connectivity index (χ2n) is 2.41. The molecule has 1 aromatic rings. The van der Waals surface area contributed by atoms with Gasteiger partial charge in [-0.25, -0.2) is 0 Å². The van der Waals surface area contributed by atoms with Crippen molar-refractivity contribution in [1.29, 1.82) is 5.26 Å². The van der Waals surface area contributed by atoms with Crippen molar-refractivity contribution in [2.75, 3.05) is 0 Å². The highest BCUT2D eigenvalue weighted by Gasteiger charge is 1.99. The number of nitriles is 1. The zero-order valence-electron chi connectivity index (χ0n) is 6.78. The van der Waals surface area contributed by atoms with Crippen LogP contribution in [0.2, 0.25) is 0 Å². The number of benzene rings is 1. The molecule has 0 aliphatic carbocycles. The highest BCUT2D eigenvalue weighted by Crippen LogP contribution is 2.10. The molecule has 3 heteroatoms. The first-order chi connectivity index (χ1) is 5.79. The Morgan fingerprint density at radius 2 is 2.33 bits per heavy atom. The summed E-state index contributed by atoms with van der Waals surface area (Å²) in [5.41, 5.74) is 2.46. The molecule has 1 aromatic carbocycles. The Hall–Kier alpha value is -1.82. The molecule has 0 aromatic heterocycles. The van der Waals surface area contributed by atoms with Crippen LogP contribution in [0.25, 0.3) is 0 Å². The molecule has 0 radical (unpaired) electrons. The van der Waals surface area contributed by atoms with Gasteiger partial charge in [-0.2, -0.15) is 10.4 Å². The second-order valence-corrected chi connectivity index (χ2v) is 2.41. The predicted molar refractivity (Wildman–Crippen MR) is 47.7 cm³/mol. The van der Waals surface area contributed by atoms with Crippen LogP contribution in [0.15, 0.2) is 23.3 Å². The Bertz CT molecular complexity index is 347. The fourth-order valence-electron chi connectivity index (χ4n) is 0.995. The molecule has 0 saturated heterocycles. The minimum absolute atomic E-state index is 0.660. The maximum Gasteiger partial charge on any atom is 0.0994 e. The maximum absolute atomic E-state index is 8.69. The standard InChI is InChI=1S/C9H9N3/c1-7-8(5-10)3-2-4-9(7)6-12-11/h2-4,6H,11H2,1H3. The van der Waals surface area contributed by atoms with Crippen molar-refractivity contribution in [3.63, 3.8) is 0 Å². The van der Waals surface area contributed by atoms with Crippen LogP contribution in [0.3, 0.4) is 0 Å². The monoisotopic (exact) mass is 159 g/mol. The average Bonchev–Trinajstić information content (AvgIpc) is 2.09. The van der Waals surface area contributed by atoms with E-state index in [9.17, 15) is 0 Å². The van der Waals surface area contributed by atoms with Gasteiger partial charge in [0.05, 0.1) is 17.8 Å². The highest BCUT2D eigenvalue weighted by atomic mass is 15.1. The lowest BCUT2D eigenvalue weighted by molar-refractivity contribution is 1.26. The van der Waals surface area contributed by atoms with Crippen LogP contribution in [0.4, 0.5) is 0 Å². The molecule has 0 fully saturated rings. The molecule has 0 amide bonds. The molecule has 0 unspecified atom stereocenters. The lowest BCUT2D eigenvalue weighted by atomic mass is 10.0. The van der Waals surface area contributed by atoms with E-state index in [1.807, 2.05) is 19.1 Å². The summed E-state index contributed by atoms with van der Waals surface area (Å²) < 4.78 is 0. The molecule has 1 rings (SSSR count). The molecule has 3 nitrogen and oxygen atoms in total. The van der Waals surface area contributed by atoms with Gasteiger partial charge in [-0.3, -0.25) is 0 Å². The largest absolute Gasteiger partial charge is 0.323 e. The van der Waals surface area contributed by atoms with Crippen LogP contribution in [0.1, 0.15) is 16.7 Å². The molecule has 0 aliphatic heterocycles. The van der Waals surface area contributed by atoms with E-state index in [0.29, 0.717) is 5.56 Å². The number of nitrogens with two attached hydrogens (primary N) is 1. The summed E-state index contributed by atoms with van der Waals surface area (Å²) in [5.74, 6) is 5.01. The molecule has 0 aliphatic rings. The number of hydrogen-bond donors (Lipinski definition) is 1. The van der Waals surface area contributed by atoms with Crippen molar-refractivity contribution in [1.82, 2.24) is 0 Å². The summed E-state index contributed by atoms with van der Waals surface area (Å²) >= 11 is 0. The first-order valence-corrected chi connectivity index (χ1v) is 3.52. The molecular formula is C9H9N3. The van der Waals surface area contributed by atoms with Gasteiger partial charge in [0.2, 0.25) is 0 Å². The van der Waals surface area contributed by atoms with Gasteiger partial charge in [0.25, 0.3) is 0 Å². The third-order valence-electron chi connectivity index (χ3n) is 1.71. The van der Waals surface area contributed by atoms with Crippen LogP contribution in [0.5, 0.6) is 0 Å². The zero-order chi connectivity index (χ0) is 8.97. The second kappa shape index (κ2) is 3.54. The zero-order valence-corrected chi connectivity index (χ0v) is 6.78. The Morgan fingerprint density at radius 3 is 2.92 bits per heavy atom. The molecule has 12 heavy (non-hydrogen) atoms. The van der Waals surface area contributed by atoms with Gasteiger partial charge in [-0.05, 0) is 24.1 Å². The van der Waals surface area contributed by atoms with Crippen LogP contribution in [-0.4, -0.2) is 6.21 Å². The Balaban J connectivity index is 3.25. The molecule has 0 bridgehead atoms. The van der Waals surface area contributed by atoms with E-state index >= 15 is 0 Å². The van der Waals surface area contributed by atoms with E-state index in [0.717, 1.165) is 11.1 Å². The predicted octanol–water partition coefficient (Wildman–Crippen LogP) is 1.16. The third-order valence-corrected chi connectivity index (χ3v) is 1.71. The summed E-state index contributed by atoms with van der Waals surface area (Å²) in [4.78, 5) is 0. The van der Waals surface area contributed by atoms with Crippen LogP contribution < -0.4 is 5.84 Å². The van der Waals surface area contributed by atoms with Gasteiger partial charge in [-0.15, -0.1) is 0 Å². The number of rotatable bonds is 1. The van der Waals surface area contributed by atoms with Crippen LogP contribution >= 0.6 is 0 Å². The van der Waals surface area contributed by atoms with Crippen molar-refractivity contribution in [2.24, 2.45) is 10.9 Å². The molecule has 60 valence electrons. The van der Waals surface area contributed by atoms with Crippen molar-refractivity contribution >= 4 is 6.21 Å². The number of nitrogens with zero attached hydrogens (tertiary/aromatic N) is 2. The minimum atomic E-state index is 0.660. The van der Waals surface area contributed by atoms with Gasteiger partial charge in [-0.1, -0.05) is 12.1 Å². The van der Waals surface area contributed by atoms with E-state index in [2.05, 4.69) is 11.2 Å². The summed E-state index contributed by atoms with van der Waals surface area (Å²) in [5, 5.41) is 12.1. The Labute approximate surface area is 71.1 Å². The van der Waals surface area contributed by atoms with Crippen LogP contribution in [-0.2, 0) is 0 Å². The fraction of sp³-hybridized carbons (Fsp3) is 0.111. The van der Waals surface area contributed by atoms with E-state index in [1.165, 1.54) is 6.21 Å². The van der Waals surface area contributed by atoms with Crippen molar-refractivity contribution in [3.05, 3.63) is 34.9 Å². The topological polar surface area (TPSA) is 62.2 Å². The molecular weight excluding hydrogens is 150 g/mol. The Kier molecular flexibility index (Phi) is 2.44. The molecule has 0 heterocycles. The quantitative estimate of drug-likeness (QED) is 0.379. The Morgan fingerprint density at radius 1 is 1.58 bits per heavy atom. The van der Waals surface area contributed by atoms with Gasteiger partial charge in [0.1, 0.15) is 0 Å². The molecule has 0 saturated carbocycles. The van der Waals surface area contributed by atoms with E-state index in [-0.39, 0.29) is 0 Å². The fourth-order valence-corrected chi connectivity index (χ4v) is 0.995. The minimum Gasteiger partial charge on any atom is -0.323 e. The van der Waals surface area contributed by atoms with E-state index in [1.54, 1.807) is 6.07 Å².